The third-order valence-electron chi connectivity index (χ3n) is 6.29. The maximum atomic E-state index is 12.5. The molecule has 0 saturated carbocycles. The van der Waals surface area contributed by atoms with Gasteiger partial charge in [0.05, 0.1) is 0 Å². The van der Waals surface area contributed by atoms with Gasteiger partial charge in [-0.1, -0.05) is 18.2 Å². The molecule has 0 bridgehead atoms. The summed E-state index contributed by atoms with van der Waals surface area (Å²) in [6.07, 6.45) is 6.51. The standard InChI is InChI=1S/C23H27N5O/c29-23(27-12-3-4-13-27)20-8-6-18(7-9-20)17-26-15-10-19(11-16-26)22-25-24-21-5-1-2-14-28(21)22/h1-2,5-9,14,19H,3-4,10-13,15-17H2. The zero-order valence-electron chi connectivity index (χ0n) is 16.7. The van der Waals surface area contributed by atoms with Gasteiger partial charge in [0.15, 0.2) is 5.65 Å². The molecular weight excluding hydrogens is 362 g/mol. The summed E-state index contributed by atoms with van der Waals surface area (Å²) in [6, 6.07) is 14.2. The fourth-order valence-electron chi connectivity index (χ4n) is 4.60. The molecule has 6 heteroatoms. The Hall–Kier alpha value is -2.73. The molecule has 2 aliphatic rings. The molecule has 2 saturated heterocycles. The number of benzene rings is 1. The molecule has 29 heavy (non-hydrogen) atoms. The molecule has 150 valence electrons. The second kappa shape index (κ2) is 7.95. The fraction of sp³-hybridized carbons (Fsp3) is 0.435. The largest absolute Gasteiger partial charge is 0.339 e. The van der Waals surface area contributed by atoms with Gasteiger partial charge in [-0.05, 0) is 68.6 Å². The van der Waals surface area contributed by atoms with Gasteiger partial charge in [0.25, 0.3) is 5.91 Å². The summed E-state index contributed by atoms with van der Waals surface area (Å²) in [5.41, 5.74) is 3.01. The van der Waals surface area contributed by atoms with Gasteiger partial charge in [-0.25, -0.2) is 0 Å². The van der Waals surface area contributed by atoms with Crippen LogP contribution in [-0.2, 0) is 6.54 Å². The number of nitrogens with zero attached hydrogens (tertiary/aromatic N) is 5. The average molecular weight is 390 g/mol. The summed E-state index contributed by atoms with van der Waals surface area (Å²) in [5, 5.41) is 8.75. The molecule has 0 radical (unpaired) electrons. The summed E-state index contributed by atoms with van der Waals surface area (Å²) < 4.78 is 2.12. The molecule has 4 heterocycles. The highest BCUT2D eigenvalue weighted by Gasteiger charge is 2.24. The van der Waals surface area contributed by atoms with Gasteiger partial charge in [-0.3, -0.25) is 14.1 Å². The van der Waals surface area contributed by atoms with Crippen LogP contribution in [0.15, 0.2) is 48.7 Å². The Labute approximate surface area is 171 Å². The molecule has 2 aromatic heterocycles. The van der Waals surface area contributed by atoms with Crippen molar-refractivity contribution in [1.29, 1.82) is 0 Å². The first-order valence-corrected chi connectivity index (χ1v) is 10.7. The Bertz CT molecular complexity index is 982. The predicted octanol–water partition coefficient (Wildman–Crippen LogP) is 3.34. The number of amides is 1. The third-order valence-corrected chi connectivity index (χ3v) is 6.29. The Morgan fingerprint density at radius 1 is 0.931 bits per heavy atom. The molecule has 2 aliphatic heterocycles. The van der Waals surface area contributed by atoms with E-state index >= 15 is 0 Å². The number of likely N-dealkylation sites (tertiary alicyclic amines) is 2. The lowest BCUT2D eigenvalue weighted by Gasteiger charge is -2.31. The molecule has 0 unspecified atom stereocenters. The maximum Gasteiger partial charge on any atom is 0.253 e. The van der Waals surface area contributed by atoms with Gasteiger partial charge in [-0.15, -0.1) is 10.2 Å². The van der Waals surface area contributed by atoms with Gasteiger partial charge >= 0.3 is 0 Å². The zero-order chi connectivity index (χ0) is 19.6. The highest BCUT2D eigenvalue weighted by atomic mass is 16.2. The molecule has 0 N–H and O–H groups in total. The van der Waals surface area contributed by atoms with E-state index in [0.717, 1.165) is 75.4 Å². The van der Waals surface area contributed by atoms with Crippen molar-refractivity contribution in [2.24, 2.45) is 0 Å². The van der Waals surface area contributed by atoms with Gasteiger partial charge in [-0.2, -0.15) is 0 Å². The Balaban J connectivity index is 1.18. The van der Waals surface area contributed by atoms with E-state index in [2.05, 4.69) is 37.8 Å². The number of hydrogen-bond donors (Lipinski definition) is 0. The van der Waals surface area contributed by atoms with E-state index < -0.39 is 0 Å². The maximum absolute atomic E-state index is 12.5. The lowest BCUT2D eigenvalue weighted by atomic mass is 9.95. The zero-order valence-corrected chi connectivity index (χ0v) is 16.7. The van der Waals surface area contributed by atoms with Crippen molar-refractivity contribution >= 4 is 11.6 Å². The van der Waals surface area contributed by atoms with Gasteiger partial charge < -0.3 is 4.90 Å². The van der Waals surface area contributed by atoms with Crippen molar-refractivity contribution in [1.82, 2.24) is 24.4 Å². The van der Waals surface area contributed by atoms with E-state index in [0.29, 0.717) is 5.92 Å². The summed E-state index contributed by atoms with van der Waals surface area (Å²) in [6.45, 7) is 4.85. The minimum atomic E-state index is 0.176. The van der Waals surface area contributed by atoms with Gasteiger partial charge in [0.1, 0.15) is 5.82 Å². The van der Waals surface area contributed by atoms with E-state index in [9.17, 15) is 4.79 Å². The normalized spacial score (nSPS) is 18.6. The fourth-order valence-corrected chi connectivity index (χ4v) is 4.60. The Kier molecular flexibility index (Phi) is 5.02. The molecule has 3 aromatic rings. The van der Waals surface area contributed by atoms with Crippen LogP contribution in [0.5, 0.6) is 0 Å². The quantitative estimate of drug-likeness (QED) is 0.687. The molecular formula is C23H27N5O. The first kappa shape index (κ1) is 18.3. The minimum absolute atomic E-state index is 0.176. The van der Waals surface area contributed by atoms with Crippen molar-refractivity contribution < 1.29 is 4.79 Å². The van der Waals surface area contributed by atoms with E-state index in [4.69, 9.17) is 0 Å². The summed E-state index contributed by atoms with van der Waals surface area (Å²) in [7, 11) is 0. The molecule has 1 amide bonds. The van der Waals surface area contributed by atoms with E-state index in [1.807, 2.05) is 35.2 Å². The molecule has 0 atom stereocenters. The number of rotatable bonds is 4. The van der Waals surface area contributed by atoms with Crippen LogP contribution < -0.4 is 0 Å². The van der Waals surface area contributed by atoms with Crippen molar-refractivity contribution in [3.8, 4) is 0 Å². The first-order chi connectivity index (χ1) is 14.3. The van der Waals surface area contributed by atoms with Crippen LogP contribution >= 0.6 is 0 Å². The Morgan fingerprint density at radius 3 is 2.45 bits per heavy atom. The molecule has 6 nitrogen and oxygen atoms in total. The third kappa shape index (κ3) is 3.77. The van der Waals surface area contributed by atoms with E-state index in [-0.39, 0.29) is 5.91 Å². The molecule has 0 spiro atoms. The van der Waals surface area contributed by atoms with Crippen LogP contribution in [-0.4, -0.2) is 56.5 Å². The van der Waals surface area contributed by atoms with Crippen LogP contribution in [0.1, 0.15) is 53.3 Å². The minimum Gasteiger partial charge on any atom is -0.339 e. The topological polar surface area (TPSA) is 53.7 Å². The number of hydrogen-bond acceptors (Lipinski definition) is 4. The van der Waals surface area contributed by atoms with E-state index in [1.54, 1.807) is 0 Å². The van der Waals surface area contributed by atoms with E-state index in [1.165, 1.54) is 5.56 Å². The Morgan fingerprint density at radius 2 is 1.69 bits per heavy atom. The monoisotopic (exact) mass is 389 g/mol. The van der Waals surface area contributed by atoms with Crippen molar-refractivity contribution in [3.05, 3.63) is 65.6 Å². The van der Waals surface area contributed by atoms with Crippen LogP contribution in [0.3, 0.4) is 0 Å². The number of carbonyl (C=O) groups excluding carboxylic acids is 1. The van der Waals surface area contributed by atoms with Crippen molar-refractivity contribution in [3.63, 3.8) is 0 Å². The number of aromatic nitrogens is 3. The second-order valence-electron chi connectivity index (χ2n) is 8.23. The average Bonchev–Trinajstić information content (AvgIpc) is 3.45. The summed E-state index contributed by atoms with van der Waals surface area (Å²) in [5.74, 6) is 1.73. The number of pyridine rings is 1. The SMILES string of the molecule is O=C(c1ccc(CN2CCC(c3nnc4ccccn34)CC2)cc1)N1CCCC1. The van der Waals surface area contributed by atoms with Crippen LogP contribution in [0, 0.1) is 0 Å². The highest BCUT2D eigenvalue weighted by molar-refractivity contribution is 5.94. The van der Waals surface area contributed by atoms with Gasteiger partial charge in [0, 0.05) is 37.3 Å². The van der Waals surface area contributed by atoms with Crippen molar-refractivity contribution in [2.45, 2.75) is 38.1 Å². The van der Waals surface area contributed by atoms with Gasteiger partial charge in [0.2, 0.25) is 0 Å². The number of carbonyl (C=O) groups is 1. The molecule has 5 rings (SSSR count). The highest BCUT2D eigenvalue weighted by Crippen LogP contribution is 2.28. The smallest absolute Gasteiger partial charge is 0.253 e. The second-order valence-corrected chi connectivity index (χ2v) is 8.23. The number of piperidine rings is 1. The first-order valence-electron chi connectivity index (χ1n) is 10.7. The lowest BCUT2D eigenvalue weighted by Crippen LogP contribution is -2.33. The van der Waals surface area contributed by atoms with Crippen LogP contribution in [0.25, 0.3) is 5.65 Å². The van der Waals surface area contributed by atoms with Crippen LogP contribution in [0.4, 0.5) is 0 Å². The summed E-state index contributed by atoms with van der Waals surface area (Å²) in [4.78, 5) is 17.0. The molecule has 2 fully saturated rings. The molecule has 1 aromatic carbocycles. The van der Waals surface area contributed by atoms with Crippen molar-refractivity contribution in [2.75, 3.05) is 26.2 Å². The number of fused-ring (bicyclic) bond motifs is 1. The lowest BCUT2D eigenvalue weighted by molar-refractivity contribution is 0.0793. The molecule has 0 aliphatic carbocycles. The predicted molar refractivity (Wildman–Crippen MR) is 112 cm³/mol. The van der Waals surface area contributed by atoms with Crippen LogP contribution in [0.2, 0.25) is 0 Å². The summed E-state index contributed by atoms with van der Waals surface area (Å²) >= 11 is 0.